The number of hydrogen-bond donors (Lipinski definition) is 1. The molecule has 0 aromatic heterocycles. The summed E-state index contributed by atoms with van der Waals surface area (Å²) in [4.78, 5) is 17.5. The van der Waals surface area contributed by atoms with Gasteiger partial charge >= 0.3 is 0 Å². The van der Waals surface area contributed by atoms with E-state index in [0.717, 1.165) is 32.1 Å². The number of nitrogens with zero attached hydrogens (tertiary/aromatic N) is 2. The predicted octanol–water partition coefficient (Wildman–Crippen LogP) is 4.73. The molecule has 0 saturated carbocycles. The van der Waals surface area contributed by atoms with E-state index in [9.17, 15) is 4.79 Å². The standard InChI is InChI=1S/C27H39N3O/c1-3-11-23(12-4-2)22-29-17-19-30(20-18-29)26(31)21-28-27(24-13-7-5-8-14-24)25-15-9-6-10-16-25/h5-10,13-16,23,27-28H,3-4,11-12,17-22H2,1-2H3. The molecule has 168 valence electrons. The molecule has 4 nitrogen and oxygen atoms in total. The lowest BCUT2D eigenvalue weighted by molar-refractivity contribution is -0.132. The Balaban J connectivity index is 1.52. The Hall–Kier alpha value is -2.17. The van der Waals surface area contributed by atoms with Gasteiger partial charge in [-0.3, -0.25) is 15.0 Å². The highest BCUT2D eigenvalue weighted by atomic mass is 16.2. The fourth-order valence-corrected chi connectivity index (χ4v) is 4.71. The van der Waals surface area contributed by atoms with Crippen LogP contribution in [0, 0.1) is 5.92 Å². The van der Waals surface area contributed by atoms with Crippen LogP contribution in [-0.4, -0.2) is 55.0 Å². The van der Waals surface area contributed by atoms with Crippen molar-refractivity contribution >= 4 is 5.91 Å². The van der Waals surface area contributed by atoms with Gasteiger partial charge in [0.15, 0.2) is 0 Å². The van der Waals surface area contributed by atoms with E-state index in [1.54, 1.807) is 0 Å². The lowest BCUT2D eigenvalue weighted by atomic mass is 9.97. The minimum atomic E-state index is 0.0245. The van der Waals surface area contributed by atoms with Crippen LogP contribution in [0.2, 0.25) is 0 Å². The summed E-state index contributed by atoms with van der Waals surface area (Å²) in [5.41, 5.74) is 2.37. The normalized spacial score (nSPS) is 15.0. The van der Waals surface area contributed by atoms with Crippen LogP contribution in [0.3, 0.4) is 0 Å². The van der Waals surface area contributed by atoms with E-state index < -0.39 is 0 Å². The predicted molar refractivity (Wildman–Crippen MR) is 129 cm³/mol. The average Bonchev–Trinajstić information content (AvgIpc) is 2.81. The number of hydrogen-bond acceptors (Lipinski definition) is 3. The zero-order valence-electron chi connectivity index (χ0n) is 19.3. The summed E-state index contributed by atoms with van der Waals surface area (Å²) >= 11 is 0. The van der Waals surface area contributed by atoms with Crippen molar-refractivity contribution in [1.82, 2.24) is 15.1 Å². The maximum atomic E-state index is 12.9. The molecule has 1 heterocycles. The number of piperazine rings is 1. The van der Waals surface area contributed by atoms with Crippen molar-refractivity contribution < 1.29 is 4.79 Å². The van der Waals surface area contributed by atoms with Gasteiger partial charge in [0.25, 0.3) is 0 Å². The topological polar surface area (TPSA) is 35.6 Å². The van der Waals surface area contributed by atoms with Crippen molar-refractivity contribution in [3.63, 3.8) is 0 Å². The molecule has 0 atom stereocenters. The first-order valence-electron chi connectivity index (χ1n) is 12.0. The average molecular weight is 422 g/mol. The molecular weight excluding hydrogens is 382 g/mol. The van der Waals surface area contributed by atoms with E-state index in [0.29, 0.717) is 6.54 Å². The van der Waals surface area contributed by atoms with E-state index in [1.807, 2.05) is 17.0 Å². The van der Waals surface area contributed by atoms with Gasteiger partial charge in [0, 0.05) is 32.7 Å². The van der Waals surface area contributed by atoms with E-state index in [2.05, 4.69) is 72.6 Å². The van der Waals surface area contributed by atoms with Gasteiger partial charge in [-0.1, -0.05) is 87.4 Å². The molecule has 1 aliphatic rings. The van der Waals surface area contributed by atoms with Gasteiger partial charge in [-0.15, -0.1) is 0 Å². The molecular formula is C27H39N3O. The Labute approximate surface area is 188 Å². The van der Waals surface area contributed by atoms with Gasteiger partial charge in [-0.05, 0) is 29.9 Å². The van der Waals surface area contributed by atoms with Crippen molar-refractivity contribution in [2.24, 2.45) is 5.92 Å². The highest BCUT2D eigenvalue weighted by Gasteiger charge is 2.23. The van der Waals surface area contributed by atoms with Gasteiger partial charge in [-0.2, -0.15) is 0 Å². The summed E-state index contributed by atoms with van der Waals surface area (Å²) in [6.45, 7) is 9.79. The lowest BCUT2D eigenvalue weighted by Gasteiger charge is -2.37. The third kappa shape index (κ3) is 7.19. The summed E-state index contributed by atoms with van der Waals surface area (Å²) in [7, 11) is 0. The molecule has 3 rings (SSSR count). The van der Waals surface area contributed by atoms with Crippen molar-refractivity contribution in [3.8, 4) is 0 Å². The van der Waals surface area contributed by atoms with Gasteiger partial charge in [-0.25, -0.2) is 0 Å². The Morgan fingerprint density at radius 2 is 1.35 bits per heavy atom. The van der Waals surface area contributed by atoms with Crippen LogP contribution in [-0.2, 0) is 4.79 Å². The van der Waals surface area contributed by atoms with Crippen LogP contribution in [0.15, 0.2) is 60.7 Å². The number of carbonyl (C=O) groups excluding carboxylic acids is 1. The number of rotatable bonds is 11. The van der Waals surface area contributed by atoms with Crippen molar-refractivity contribution in [3.05, 3.63) is 71.8 Å². The molecule has 0 radical (unpaired) electrons. The summed E-state index contributed by atoms with van der Waals surface area (Å²) < 4.78 is 0. The fourth-order valence-electron chi connectivity index (χ4n) is 4.71. The second-order valence-electron chi connectivity index (χ2n) is 8.76. The SMILES string of the molecule is CCCC(CCC)CN1CCN(C(=O)CNC(c2ccccc2)c2ccccc2)CC1. The number of benzene rings is 2. The molecule has 0 unspecified atom stereocenters. The van der Waals surface area contributed by atoms with Crippen LogP contribution in [0.25, 0.3) is 0 Å². The molecule has 1 amide bonds. The van der Waals surface area contributed by atoms with Crippen LogP contribution in [0.5, 0.6) is 0 Å². The molecule has 1 fully saturated rings. The molecule has 0 spiro atoms. The summed E-state index contributed by atoms with van der Waals surface area (Å²) in [6.07, 6.45) is 5.16. The minimum Gasteiger partial charge on any atom is -0.339 e. The summed E-state index contributed by atoms with van der Waals surface area (Å²) in [5, 5.41) is 3.52. The molecule has 0 bridgehead atoms. The first-order valence-corrected chi connectivity index (χ1v) is 12.0. The van der Waals surface area contributed by atoms with Gasteiger partial charge in [0.1, 0.15) is 0 Å². The van der Waals surface area contributed by atoms with Gasteiger partial charge in [0.2, 0.25) is 5.91 Å². The van der Waals surface area contributed by atoms with E-state index in [4.69, 9.17) is 0 Å². The van der Waals surface area contributed by atoms with E-state index in [1.165, 1.54) is 43.4 Å². The molecule has 2 aromatic rings. The molecule has 31 heavy (non-hydrogen) atoms. The van der Waals surface area contributed by atoms with Crippen molar-refractivity contribution in [2.45, 2.75) is 45.6 Å². The van der Waals surface area contributed by atoms with Crippen LogP contribution in [0.4, 0.5) is 0 Å². The molecule has 1 N–H and O–H groups in total. The third-order valence-corrected chi connectivity index (χ3v) is 6.36. The first-order chi connectivity index (χ1) is 15.2. The second kappa shape index (κ2) is 12.6. The maximum Gasteiger partial charge on any atom is 0.236 e. The number of nitrogens with one attached hydrogen (secondary N) is 1. The maximum absolute atomic E-state index is 12.9. The van der Waals surface area contributed by atoms with Crippen LogP contribution < -0.4 is 5.32 Å². The Kier molecular flexibility index (Phi) is 9.57. The summed E-state index contributed by atoms with van der Waals surface area (Å²) in [6, 6.07) is 20.8. The van der Waals surface area contributed by atoms with E-state index in [-0.39, 0.29) is 11.9 Å². The zero-order chi connectivity index (χ0) is 21.9. The zero-order valence-corrected chi connectivity index (χ0v) is 19.3. The Bertz CT molecular complexity index is 711. The van der Waals surface area contributed by atoms with E-state index >= 15 is 0 Å². The highest BCUT2D eigenvalue weighted by molar-refractivity contribution is 5.78. The van der Waals surface area contributed by atoms with Gasteiger partial charge in [0.05, 0.1) is 12.6 Å². The quantitative estimate of drug-likeness (QED) is 0.570. The molecule has 4 heteroatoms. The Morgan fingerprint density at radius 1 is 0.839 bits per heavy atom. The molecule has 1 aliphatic heterocycles. The molecule has 0 aliphatic carbocycles. The third-order valence-electron chi connectivity index (χ3n) is 6.36. The van der Waals surface area contributed by atoms with Crippen LogP contribution >= 0.6 is 0 Å². The van der Waals surface area contributed by atoms with Crippen molar-refractivity contribution in [2.75, 3.05) is 39.3 Å². The van der Waals surface area contributed by atoms with Gasteiger partial charge < -0.3 is 4.90 Å². The smallest absolute Gasteiger partial charge is 0.236 e. The fraction of sp³-hybridized carbons (Fsp3) is 0.519. The lowest BCUT2D eigenvalue weighted by Crippen LogP contribution is -2.51. The Morgan fingerprint density at radius 3 is 1.84 bits per heavy atom. The molecule has 2 aromatic carbocycles. The monoisotopic (exact) mass is 421 g/mol. The molecule has 1 saturated heterocycles. The summed E-state index contributed by atoms with van der Waals surface area (Å²) in [5.74, 6) is 1.01. The minimum absolute atomic E-state index is 0.0245. The highest BCUT2D eigenvalue weighted by Crippen LogP contribution is 2.22. The number of carbonyl (C=O) groups is 1. The first kappa shape index (κ1) is 23.5. The van der Waals surface area contributed by atoms with Crippen molar-refractivity contribution in [1.29, 1.82) is 0 Å². The van der Waals surface area contributed by atoms with Crippen LogP contribution in [0.1, 0.15) is 56.7 Å². The number of amides is 1. The largest absolute Gasteiger partial charge is 0.339 e. The second-order valence-corrected chi connectivity index (χ2v) is 8.76.